The number of rotatable bonds is 4. The van der Waals surface area contributed by atoms with E-state index in [0.717, 1.165) is 47.8 Å². The van der Waals surface area contributed by atoms with Crippen molar-refractivity contribution in [2.24, 2.45) is 4.99 Å². The van der Waals surface area contributed by atoms with Crippen LogP contribution in [0.2, 0.25) is 0 Å². The third kappa shape index (κ3) is 3.89. The molecular weight excluding hydrogens is 390 g/mol. The lowest BCUT2D eigenvalue weighted by Crippen LogP contribution is -2.36. The van der Waals surface area contributed by atoms with E-state index in [1.54, 1.807) is 0 Å². The third-order valence-corrected chi connectivity index (χ3v) is 4.99. The third-order valence-electron chi connectivity index (χ3n) is 4.46. The van der Waals surface area contributed by atoms with Crippen molar-refractivity contribution in [3.63, 3.8) is 0 Å². The molecule has 4 nitrogen and oxygen atoms in total. The molecule has 0 radical (unpaired) electrons. The fourth-order valence-electron chi connectivity index (χ4n) is 3.05. The number of ether oxygens (including phenoxy) is 1. The number of aromatic nitrogens is 1. The summed E-state index contributed by atoms with van der Waals surface area (Å²) in [4.78, 5) is 6.98. The van der Waals surface area contributed by atoms with Gasteiger partial charge in [-0.2, -0.15) is 0 Å². The van der Waals surface area contributed by atoms with Crippen LogP contribution in [0.5, 0.6) is 0 Å². The highest BCUT2D eigenvalue weighted by molar-refractivity contribution is 9.10. The van der Waals surface area contributed by atoms with Crippen LogP contribution in [0.3, 0.4) is 0 Å². The van der Waals surface area contributed by atoms with Gasteiger partial charge in [0, 0.05) is 35.1 Å². The highest BCUT2D eigenvalue weighted by Gasteiger charge is 2.10. The highest BCUT2D eigenvalue weighted by Crippen LogP contribution is 2.21. The molecule has 2 aromatic carbocycles. The maximum atomic E-state index is 5.41. The van der Waals surface area contributed by atoms with Gasteiger partial charge in [-0.25, -0.2) is 0 Å². The van der Waals surface area contributed by atoms with Crippen molar-refractivity contribution < 1.29 is 4.74 Å². The lowest BCUT2D eigenvalue weighted by Gasteiger charge is -2.28. The molecule has 1 aromatic heterocycles. The average molecular weight is 410 g/mol. The molecule has 0 atom stereocenters. The van der Waals surface area contributed by atoms with Crippen molar-refractivity contribution in [2.75, 3.05) is 31.2 Å². The predicted octanol–water partition coefficient (Wildman–Crippen LogP) is 4.83. The zero-order chi connectivity index (χ0) is 17.8. The molecule has 0 spiro atoms. The van der Waals surface area contributed by atoms with Gasteiger partial charge in [0.25, 0.3) is 0 Å². The molecule has 26 heavy (non-hydrogen) atoms. The summed E-state index contributed by atoms with van der Waals surface area (Å²) in [6.45, 7) is 3.49. The van der Waals surface area contributed by atoms with Crippen molar-refractivity contribution in [1.29, 1.82) is 0 Å². The lowest BCUT2D eigenvalue weighted by atomic mass is 10.2. The van der Waals surface area contributed by atoms with Crippen LogP contribution in [0.4, 0.5) is 11.4 Å². The van der Waals surface area contributed by atoms with E-state index in [2.05, 4.69) is 72.9 Å². The average Bonchev–Trinajstić information content (AvgIpc) is 3.17. The van der Waals surface area contributed by atoms with Crippen molar-refractivity contribution in [3.8, 4) is 5.69 Å². The number of hydrogen-bond acceptors (Lipinski definition) is 3. The van der Waals surface area contributed by atoms with Crippen LogP contribution in [0.15, 0.2) is 76.3 Å². The first kappa shape index (κ1) is 17.1. The van der Waals surface area contributed by atoms with Gasteiger partial charge in [0.2, 0.25) is 0 Å². The first-order valence-electron chi connectivity index (χ1n) is 8.70. The quantitative estimate of drug-likeness (QED) is 0.577. The van der Waals surface area contributed by atoms with Gasteiger partial charge in [-0.3, -0.25) is 4.99 Å². The summed E-state index contributed by atoms with van der Waals surface area (Å²) in [5, 5.41) is 0. The van der Waals surface area contributed by atoms with Gasteiger partial charge in [0.1, 0.15) is 0 Å². The van der Waals surface area contributed by atoms with Crippen LogP contribution < -0.4 is 4.90 Å². The Morgan fingerprint density at radius 2 is 1.58 bits per heavy atom. The largest absolute Gasteiger partial charge is 0.378 e. The maximum absolute atomic E-state index is 5.41. The Hall–Kier alpha value is -2.37. The highest BCUT2D eigenvalue weighted by atomic mass is 79.9. The van der Waals surface area contributed by atoms with Crippen LogP contribution in [0, 0.1) is 0 Å². The summed E-state index contributed by atoms with van der Waals surface area (Å²) in [6.07, 6.45) is 3.96. The van der Waals surface area contributed by atoms with Crippen molar-refractivity contribution >= 4 is 33.5 Å². The Labute approximate surface area is 161 Å². The normalized spacial score (nSPS) is 14.9. The van der Waals surface area contributed by atoms with E-state index in [-0.39, 0.29) is 0 Å². The van der Waals surface area contributed by atoms with Crippen LogP contribution in [0.1, 0.15) is 5.69 Å². The Morgan fingerprint density at radius 1 is 0.885 bits per heavy atom. The molecule has 2 heterocycles. The van der Waals surface area contributed by atoms with E-state index in [0.29, 0.717) is 0 Å². The molecular formula is C21H20BrN3O. The Bertz CT molecular complexity index is 878. The van der Waals surface area contributed by atoms with E-state index >= 15 is 0 Å². The van der Waals surface area contributed by atoms with Crippen molar-refractivity contribution in [1.82, 2.24) is 4.57 Å². The second kappa shape index (κ2) is 7.89. The van der Waals surface area contributed by atoms with E-state index in [1.165, 1.54) is 5.69 Å². The molecule has 0 aliphatic carbocycles. The van der Waals surface area contributed by atoms with Gasteiger partial charge in [0.15, 0.2) is 0 Å². The molecule has 4 rings (SSSR count). The molecule has 132 valence electrons. The van der Waals surface area contributed by atoms with E-state index in [9.17, 15) is 0 Å². The van der Waals surface area contributed by atoms with Gasteiger partial charge in [0.05, 0.1) is 30.8 Å². The zero-order valence-corrected chi connectivity index (χ0v) is 16.0. The fraction of sp³-hybridized carbons (Fsp3) is 0.190. The molecule has 3 aromatic rings. The minimum atomic E-state index is 0.799. The van der Waals surface area contributed by atoms with Crippen LogP contribution in [-0.4, -0.2) is 37.1 Å². The smallest absolute Gasteiger partial charge is 0.0642 e. The molecule has 1 fully saturated rings. The summed E-state index contributed by atoms with van der Waals surface area (Å²) < 4.78 is 8.61. The number of nitrogens with zero attached hydrogens (tertiary/aromatic N) is 3. The number of aliphatic imine (C=N–C) groups is 1. The second-order valence-electron chi connectivity index (χ2n) is 6.15. The summed E-state index contributed by atoms with van der Waals surface area (Å²) in [6, 6.07) is 20.7. The number of benzene rings is 2. The van der Waals surface area contributed by atoms with Crippen LogP contribution in [0.25, 0.3) is 5.69 Å². The van der Waals surface area contributed by atoms with E-state index in [1.807, 2.05) is 30.6 Å². The van der Waals surface area contributed by atoms with Gasteiger partial charge in [-0.15, -0.1) is 0 Å². The SMILES string of the molecule is Brc1ccc(-n2cccc2C=Nc2ccc(N3CCOCC3)cc2)cc1. The number of anilines is 1. The van der Waals surface area contributed by atoms with Gasteiger partial charge >= 0.3 is 0 Å². The maximum Gasteiger partial charge on any atom is 0.0642 e. The molecule has 5 heteroatoms. The summed E-state index contributed by atoms with van der Waals surface area (Å²) in [7, 11) is 0. The molecule has 0 saturated carbocycles. The molecule has 0 bridgehead atoms. The molecule has 1 aliphatic rings. The van der Waals surface area contributed by atoms with Crippen LogP contribution in [-0.2, 0) is 4.74 Å². The fourth-order valence-corrected chi connectivity index (χ4v) is 3.31. The second-order valence-corrected chi connectivity index (χ2v) is 7.07. The summed E-state index contributed by atoms with van der Waals surface area (Å²) >= 11 is 3.48. The van der Waals surface area contributed by atoms with E-state index in [4.69, 9.17) is 4.74 Å². The minimum Gasteiger partial charge on any atom is -0.378 e. The summed E-state index contributed by atoms with van der Waals surface area (Å²) in [5.41, 5.74) is 4.34. The van der Waals surface area contributed by atoms with Crippen molar-refractivity contribution in [2.45, 2.75) is 0 Å². The standard InChI is InChI=1S/C21H20BrN3O/c22-17-3-7-20(8-4-17)25-11-1-2-21(25)16-23-18-5-9-19(10-6-18)24-12-14-26-15-13-24/h1-11,16H,12-15H2. The Kier molecular flexibility index (Phi) is 5.18. The lowest BCUT2D eigenvalue weighted by molar-refractivity contribution is 0.122. The van der Waals surface area contributed by atoms with Gasteiger partial charge in [-0.1, -0.05) is 15.9 Å². The predicted molar refractivity (Wildman–Crippen MR) is 110 cm³/mol. The number of halogens is 1. The van der Waals surface area contributed by atoms with Gasteiger partial charge < -0.3 is 14.2 Å². The number of morpholine rings is 1. The van der Waals surface area contributed by atoms with Gasteiger partial charge in [-0.05, 0) is 60.7 Å². The molecule has 1 aliphatic heterocycles. The van der Waals surface area contributed by atoms with Crippen LogP contribution >= 0.6 is 15.9 Å². The van der Waals surface area contributed by atoms with E-state index < -0.39 is 0 Å². The molecule has 0 amide bonds. The molecule has 0 unspecified atom stereocenters. The minimum absolute atomic E-state index is 0.799. The number of hydrogen-bond donors (Lipinski definition) is 0. The first-order chi connectivity index (χ1) is 12.8. The van der Waals surface area contributed by atoms with Crippen molar-refractivity contribution in [3.05, 3.63) is 77.0 Å². The topological polar surface area (TPSA) is 29.8 Å². The Balaban J connectivity index is 1.50. The Morgan fingerprint density at radius 3 is 2.31 bits per heavy atom. The molecule has 0 N–H and O–H groups in total. The zero-order valence-electron chi connectivity index (χ0n) is 14.4. The first-order valence-corrected chi connectivity index (χ1v) is 9.49. The monoisotopic (exact) mass is 409 g/mol. The summed E-state index contributed by atoms with van der Waals surface area (Å²) in [5.74, 6) is 0. The molecule has 1 saturated heterocycles.